The number of nitrogens with one attached hydrogen (secondary N) is 3. The van der Waals surface area contributed by atoms with Crippen molar-refractivity contribution in [3.05, 3.63) is 58.6 Å². The molecule has 0 spiro atoms. The maximum atomic E-state index is 12.5. The molecule has 2 amide bonds. The van der Waals surface area contributed by atoms with Crippen molar-refractivity contribution in [1.29, 1.82) is 0 Å². The van der Waals surface area contributed by atoms with E-state index in [0.29, 0.717) is 22.0 Å². The number of esters is 1. The predicted octanol–water partition coefficient (Wildman–Crippen LogP) is 4.42. The van der Waals surface area contributed by atoms with Crippen LogP contribution in [0.5, 0.6) is 0 Å². The summed E-state index contributed by atoms with van der Waals surface area (Å²) in [5.74, 6) is -0.345. The quantitative estimate of drug-likeness (QED) is 0.170. The number of thiocarbonyl (C=S) groups is 1. The predicted molar refractivity (Wildman–Crippen MR) is 146 cm³/mol. The average Bonchev–Trinajstić information content (AvgIpc) is 2.81. The van der Waals surface area contributed by atoms with E-state index in [1.54, 1.807) is 45.0 Å². The van der Waals surface area contributed by atoms with E-state index in [9.17, 15) is 9.59 Å². The Morgan fingerprint density at radius 2 is 1.81 bits per heavy atom. The van der Waals surface area contributed by atoms with Gasteiger partial charge in [0.25, 0.3) is 0 Å². The van der Waals surface area contributed by atoms with Crippen LogP contribution in [-0.2, 0) is 26.5 Å². The van der Waals surface area contributed by atoms with Gasteiger partial charge in [0, 0.05) is 18.6 Å². The van der Waals surface area contributed by atoms with Crippen LogP contribution in [0.1, 0.15) is 38.8 Å². The SMILES string of the molecule is CON(C)C(=O)NCc1cccc(N)c1NC(=S)NC(C)(COC(=O)C(C)(C)C)c1cccc(Cl)c1. The number of nitrogens with two attached hydrogens (primary N) is 1. The summed E-state index contributed by atoms with van der Waals surface area (Å²) in [6.07, 6.45) is 0. The van der Waals surface area contributed by atoms with Crippen molar-refractivity contribution in [1.82, 2.24) is 15.7 Å². The zero-order chi connectivity index (χ0) is 27.1. The lowest BCUT2D eigenvalue weighted by Gasteiger charge is -2.33. The number of hydroxylamine groups is 2. The third-order valence-electron chi connectivity index (χ3n) is 5.37. The molecule has 2 aromatic rings. The van der Waals surface area contributed by atoms with Crippen LogP contribution < -0.4 is 21.7 Å². The van der Waals surface area contributed by atoms with Gasteiger partial charge in [-0.2, -0.15) is 0 Å². The molecule has 0 aliphatic carbocycles. The zero-order valence-electron chi connectivity index (χ0n) is 21.4. The number of para-hydroxylation sites is 1. The molecule has 0 fully saturated rings. The number of carbonyl (C=O) groups excluding carboxylic acids is 2. The van der Waals surface area contributed by atoms with Crippen molar-refractivity contribution < 1.29 is 19.2 Å². The fourth-order valence-electron chi connectivity index (χ4n) is 3.13. The number of carbonyl (C=O) groups is 2. The van der Waals surface area contributed by atoms with E-state index in [4.69, 9.17) is 39.1 Å². The molecule has 5 N–H and O–H groups in total. The highest BCUT2D eigenvalue weighted by atomic mass is 35.5. The van der Waals surface area contributed by atoms with Gasteiger partial charge in [-0.25, -0.2) is 9.86 Å². The van der Waals surface area contributed by atoms with Crippen molar-refractivity contribution in [2.24, 2.45) is 5.41 Å². The Morgan fingerprint density at radius 1 is 1.14 bits per heavy atom. The van der Waals surface area contributed by atoms with Crippen molar-refractivity contribution in [3.63, 3.8) is 0 Å². The molecular weight excluding hydrogens is 502 g/mol. The van der Waals surface area contributed by atoms with Crippen LogP contribution >= 0.6 is 23.8 Å². The number of hydrogen-bond donors (Lipinski definition) is 4. The number of amides is 2. The Balaban J connectivity index is 2.26. The minimum Gasteiger partial charge on any atom is -0.462 e. The second kappa shape index (κ2) is 12.2. The summed E-state index contributed by atoms with van der Waals surface area (Å²) in [6, 6.07) is 12.1. The largest absolute Gasteiger partial charge is 0.462 e. The first-order chi connectivity index (χ1) is 16.8. The first-order valence-corrected chi connectivity index (χ1v) is 12.0. The second-order valence-corrected chi connectivity index (χ2v) is 10.3. The molecule has 9 nitrogen and oxygen atoms in total. The first-order valence-electron chi connectivity index (χ1n) is 11.2. The summed E-state index contributed by atoms with van der Waals surface area (Å²) in [5, 5.41) is 11.0. The van der Waals surface area contributed by atoms with Gasteiger partial charge in [-0.05, 0) is 69.2 Å². The van der Waals surface area contributed by atoms with Gasteiger partial charge in [0.05, 0.1) is 29.4 Å². The van der Waals surface area contributed by atoms with Crippen molar-refractivity contribution in [3.8, 4) is 0 Å². The van der Waals surface area contributed by atoms with Crippen molar-refractivity contribution in [2.75, 3.05) is 31.8 Å². The topological polar surface area (TPSA) is 118 Å². The lowest BCUT2D eigenvalue weighted by atomic mass is 9.92. The first kappa shape index (κ1) is 29.2. The molecule has 0 saturated carbocycles. The molecule has 0 aromatic heterocycles. The van der Waals surface area contributed by atoms with Crippen LogP contribution in [0, 0.1) is 5.41 Å². The molecule has 11 heteroatoms. The molecule has 0 heterocycles. The van der Waals surface area contributed by atoms with Gasteiger partial charge >= 0.3 is 12.0 Å². The summed E-state index contributed by atoms with van der Waals surface area (Å²) in [7, 11) is 2.89. The minimum atomic E-state index is -0.908. The average molecular weight is 536 g/mol. The summed E-state index contributed by atoms with van der Waals surface area (Å²) >= 11 is 11.9. The monoisotopic (exact) mass is 535 g/mol. The maximum Gasteiger partial charge on any atom is 0.341 e. The fraction of sp³-hybridized carbons (Fsp3) is 0.400. The molecular formula is C25H34ClN5O4S. The van der Waals surface area contributed by atoms with Gasteiger partial charge in [-0.15, -0.1) is 0 Å². The molecule has 0 aliphatic rings. The van der Waals surface area contributed by atoms with E-state index in [-0.39, 0.29) is 24.2 Å². The second-order valence-electron chi connectivity index (χ2n) is 9.47. The molecule has 0 bridgehead atoms. The standard InChI is InChI=1S/C25H34ClN5O4S/c1-24(2,3)21(32)35-15-25(4,17-10-8-11-18(26)13-17)30-22(36)29-20-16(9-7-12-19(20)27)14-28-23(33)31(5)34-6/h7-13H,14-15,27H2,1-6H3,(H,28,33)(H2,29,30,36). The number of nitrogen functional groups attached to an aromatic ring is 1. The van der Waals surface area contributed by atoms with Crippen LogP contribution in [0.15, 0.2) is 42.5 Å². The van der Waals surface area contributed by atoms with Crippen molar-refractivity contribution in [2.45, 2.75) is 39.8 Å². The minimum absolute atomic E-state index is 0.00179. The Bertz CT molecular complexity index is 1110. The number of rotatable bonds is 8. The normalized spacial score (nSPS) is 12.8. The third kappa shape index (κ3) is 7.97. The number of benzene rings is 2. The van der Waals surface area contributed by atoms with E-state index < -0.39 is 17.0 Å². The lowest BCUT2D eigenvalue weighted by Crippen LogP contribution is -2.49. The molecule has 1 unspecified atom stereocenters. The van der Waals surface area contributed by atoms with E-state index in [1.165, 1.54) is 14.2 Å². The molecule has 0 radical (unpaired) electrons. The highest BCUT2D eigenvalue weighted by Crippen LogP contribution is 2.28. The Hall–Kier alpha value is -3.08. The molecule has 0 aliphatic heterocycles. The van der Waals surface area contributed by atoms with E-state index in [1.807, 2.05) is 25.1 Å². The van der Waals surface area contributed by atoms with Gasteiger partial charge in [0.2, 0.25) is 0 Å². The van der Waals surface area contributed by atoms with Gasteiger partial charge in [-0.1, -0.05) is 35.9 Å². The number of anilines is 2. The number of urea groups is 1. The summed E-state index contributed by atoms with van der Waals surface area (Å²) in [5.41, 5.74) is 7.11. The van der Waals surface area contributed by atoms with Crippen LogP contribution in [0.2, 0.25) is 5.02 Å². The molecule has 36 heavy (non-hydrogen) atoms. The summed E-state index contributed by atoms with van der Waals surface area (Å²) in [6.45, 7) is 7.40. The van der Waals surface area contributed by atoms with Crippen molar-refractivity contribution >= 4 is 52.3 Å². The van der Waals surface area contributed by atoms with E-state index in [0.717, 1.165) is 10.6 Å². The zero-order valence-corrected chi connectivity index (χ0v) is 23.0. The number of ether oxygens (including phenoxy) is 1. The van der Waals surface area contributed by atoms with Crippen LogP contribution in [-0.4, -0.2) is 42.9 Å². The molecule has 196 valence electrons. The van der Waals surface area contributed by atoms with Gasteiger partial charge in [0.15, 0.2) is 5.11 Å². The smallest absolute Gasteiger partial charge is 0.341 e. The summed E-state index contributed by atoms with van der Waals surface area (Å²) < 4.78 is 5.64. The Morgan fingerprint density at radius 3 is 2.42 bits per heavy atom. The van der Waals surface area contributed by atoms with Crippen LogP contribution in [0.25, 0.3) is 0 Å². The molecule has 0 saturated heterocycles. The third-order valence-corrected chi connectivity index (χ3v) is 5.81. The van der Waals surface area contributed by atoms with Gasteiger partial charge in [-0.3, -0.25) is 9.63 Å². The van der Waals surface area contributed by atoms with E-state index in [2.05, 4.69) is 16.0 Å². The lowest BCUT2D eigenvalue weighted by molar-refractivity contribution is -0.155. The van der Waals surface area contributed by atoms with Gasteiger partial charge < -0.3 is 26.4 Å². The molecule has 1 atom stereocenters. The summed E-state index contributed by atoms with van der Waals surface area (Å²) in [4.78, 5) is 29.5. The Kier molecular flexibility index (Phi) is 9.92. The maximum absolute atomic E-state index is 12.5. The van der Waals surface area contributed by atoms with Crippen LogP contribution in [0.3, 0.4) is 0 Å². The van der Waals surface area contributed by atoms with Crippen LogP contribution in [0.4, 0.5) is 16.2 Å². The van der Waals surface area contributed by atoms with E-state index >= 15 is 0 Å². The highest BCUT2D eigenvalue weighted by Gasteiger charge is 2.32. The highest BCUT2D eigenvalue weighted by molar-refractivity contribution is 7.80. The Labute approximate surface area is 222 Å². The molecule has 2 aromatic carbocycles. The van der Waals surface area contributed by atoms with Gasteiger partial charge in [0.1, 0.15) is 6.61 Å². The number of halogens is 1. The fourth-order valence-corrected chi connectivity index (χ4v) is 3.65. The number of nitrogens with zero attached hydrogens (tertiary/aromatic N) is 1. The molecule has 2 rings (SSSR count). The number of hydrogen-bond acceptors (Lipinski definition) is 6.